The van der Waals surface area contributed by atoms with Crippen molar-refractivity contribution in [2.45, 2.75) is 17.7 Å². The number of benzene rings is 3. The van der Waals surface area contributed by atoms with Crippen molar-refractivity contribution in [2.75, 3.05) is 30.8 Å². The largest absolute Gasteiger partial charge is 0.454 e. The second-order valence-corrected chi connectivity index (χ2v) is 9.29. The highest BCUT2D eigenvalue weighted by Crippen LogP contribution is 2.24. The summed E-state index contributed by atoms with van der Waals surface area (Å²) in [4.78, 5) is 52.3. The average Bonchev–Trinajstić information content (AvgIpc) is 3.46. The zero-order valence-corrected chi connectivity index (χ0v) is 20.5. The molecule has 36 heavy (non-hydrogen) atoms. The number of rotatable bonds is 9. The van der Waals surface area contributed by atoms with Crippen molar-refractivity contribution < 1.29 is 23.9 Å². The molecule has 2 amide bonds. The van der Waals surface area contributed by atoms with Crippen LogP contribution in [0.25, 0.3) is 0 Å². The highest BCUT2D eigenvalue weighted by molar-refractivity contribution is 8.00. The first kappa shape index (κ1) is 25.2. The summed E-state index contributed by atoms with van der Waals surface area (Å²) < 4.78 is 5.28. The highest BCUT2D eigenvalue weighted by Gasteiger charge is 2.20. The number of likely N-dealkylation sites (tertiary alicyclic amines) is 1. The number of nitrogens with zero attached hydrogens (tertiary/aromatic N) is 1. The fourth-order valence-electron chi connectivity index (χ4n) is 3.78. The van der Waals surface area contributed by atoms with Crippen LogP contribution in [0.5, 0.6) is 0 Å². The van der Waals surface area contributed by atoms with Crippen molar-refractivity contribution in [3.63, 3.8) is 0 Å². The van der Waals surface area contributed by atoms with E-state index in [-0.39, 0.29) is 23.4 Å². The van der Waals surface area contributed by atoms with Gasteiger partial charge in [0.2, 0.25) is 5.91 Å². The number of carbonyl (C=O) groups is 4. The quantitative estimate of drug-likeness (QED) is 0.259. The number of amides is 2. The molecule has 3 aromatic carbocycles. The van der Waals surface area contributed by atoms with Gasteiger partial charge in [0, 0.05) is 34.8 Å². The summed E-state index contributed by atoms with van der Waals surface area (Å²) in [5.74, 6) is -0.928. The fourth-order valence-corrected chi connectivity index (χ4v) is 4.73. The Kier molecular flexibility index (Phi) is 8.52. The number of esters is 1. The Hall–Kier alpha value is -3.91. The SMILES string of the molecule is O=C(COC(=O)c1ccccc1SCC(=O)N1CCCC1)c1ccc(NC(=O)c2ccccc2)cc1. The minimum atomic E-state index is -0.619. The Balaban J connectivity index is 1.30. The summed E-state index contributed by atoms with van der Waals surface area (Å²) in [5.41, 5.74) is 1.76. The van der Waals surface area contributed by atoms with Crippen LogP contribution in [-0.4, -0.2) is 53.9 Å². The van der Waals surface area contributed by atoms with Gasteiger partial charge in [0.05, 0.1) is 11.3 Å². The van der Waals surface area contributed by atoms with E-state index in [2.05, 4.69) is 5.32 Å². The molecule has 1 heterocycles. The molecule has 0 saturated carbocycles. The molecular weight excluding hydrogens is 476 g/mol. The minimum Gasteiger partial charge on any atom is -0.454 e. The van der Waals surface area contributed by atoms with Crippen LogP contribution in [0.2, 0.25) is 0 Å². The molecule has 4 rings (SSSR count). The van der Waals surface area contributed by atoms with Crippen LogP contribution >= 0.6 is 11.8 Å². The molecule has 184 valence electrons. The molecule has 0 aromatic heterocycles. The third kappa shape index (κ3) is 6.60. The Bertz CT molecular complexity index is 1240. The Morgan fingerprint density at radius 2 is 1.47 bits per heavy atom. The van der Waals surface area contributed by atoms with E-state index in [0.29, 0.717) is 27.3 Å². The molecule has 1 saturated heterocycles. The van der Waals surface area contributed by atoms with Crippen molar-refractivity contribution >= 4 is 41.0 Å². The summed E-state index contributed by atoms with van der Waals surface area (Å²) in [6, 6.07) is 22.1. The second-order valence-electron chi connectivity index (χ2n) is 8.27. The number of Topliss-reactive ketones (excluding diaryl/α,β-unsaturated/α-hetero) is 1. The number of ketones is 1. The van der Waals surface area contributed by atoms with Gasteiger partial charge < -0.3 is 15.0 Å². The van der Waals surface area contributed by atoms with Gasteiger partial charge in [0.15, 0.2) is 12.4 Å². The monoisotopic (exact) mass is 502 g/mol. The van der Waals surface area contributed by atoms with Gasteiger partial charge >= 0.3 is 5.97 Å². The van der Waals surface area contributed by atoms with Gasteiger partial charge in [-0.15, -0.1) is 11.8 Å². The van der Waals surface area contributed by atoms with E-state index in [1.54, 1.807) is 72.8 Å². The zero-order valence-electron chi connectivity index (χ0n) is 19.6. The maximum atomic E-state index is 12.7. The molecule has 0 aliphatic carbocycles. The molecule has 0 spiro atoms. The van der Waals surface area contributed by atoms with Crippen molar-refractivity contribution in [1.29, 1.82) is 0 Å². The van der Waals surface area contributed by atoms with Crippen molar-refractivity contribution in [2.24, 2.45) is 0 Å². The van der Waals surface area contributed by atoms with Gasteiger partial charge in [-0.05, 0) is 61.4 Å². The molecule has 1 aliphatic rings. The van der Waals surface area contributed by atoms with Gasteiger partial charge in [-0.3, -0.25) is 14.4 Å². The van der Waals surface area contributed by atoms with Crippen LogP contribution in [0.4, 0.5) is 5.69 Å². The van der Waals surface area contributed by atoms with Crippen LogP contribution < -0.4 is 5.32 Å². The van der Waals surface area contributed by atoms with Crippen LogP contribution in [0.3, 0.4) is 0 Å². The summed E-state index contributed by atoms with van der Waals surface area (Å²) >= 11 is 1.29. The van der Waals surface area contributed by atoms with Crippen LogP contribution in [0.1, 0.15) is 43.9 Å². The molecule has 3 aromatic rings. The molecule has 1 aliphatic heterocycles. The lowest BCUT2D eigenvalue weighted by atomic mass is 10.1. The third-order valence-corrected chi connectivity index (χ3v) is 6.81. The molecule has 0 atom stereocenters. The average molecular weight is 503 g/mol. The normalized spacial score (nSPS) is 12.7. The lowest BCUT2D eigenvalue weighted by Gasteiger charge is -2.15. The second kappa shape index (κ2) is 12.2. The van der Waals surface area contributed by atoms with E-state index in [0.717, 1.165) is 25.9 Å². The van der Waals surface area contributed by atoms with E-state index >= 15 is 0 Å². The van der Waals surface area contributed by atoms with E-state index in [4.69, 9.17) is 4.74 Å². The van der Waals surface area contributed by atoms with E-state index in [1.165, 1.54) is 11.8 Å². The number of anilines is 1. The predicted octanol–water partition coefficient (Wildman–Crippen LogP) is 4.69. The first-order chi connectivity index (χ1) is 17.5. The topological polar surface area (TPSA) is 92.8 Å². The predicted molar refractivity (Wildman–Crippen MR) is 138 cm³/mol. The number of carbonyl (C=O) groups excluding carboxylic acids is 4. The first-order valence-corrected chi connectivity index (χ1v) is 12.7. The maximum Gasteiger partial charge on any atom is 0.339 e. The standard InChI is InChI=1S/C28H26N2O5S/c31-24(20-12-14-22(15-13-20)29-27(33)21-8-2-1-3-9-21)18-35-28(34)23-10-4-5-11-25(23)36-19-26(32)30-16-6-7-17-30/h1-5,8-15H,6-7,16-19H2,(H,29,33). The van der Waals surface area contributed by atoms with E-state index < -0.39 is 12.6 Å². The Morgan fingerprint density at radius 1 is 0.806 bits per heavy atom. The Morgan fingerprint density at radius 3 is 2.19 bits per heavy atom. The summed E-state index contributed by atoms with van der Waals surface area (Å²) in [6.07, 6.45) is 2.05. The molecule has 1 N–H and O–H groups in total. The van der Waals surface area contributed by atoms with Crippen LogP contribution in [-0.2, 0) is 9.53 Å². The van der Waals surface area contributed by atoms with Crippen molar-refractivity contribution in [1.82, 2.24) is 4.90 Å². The minimum absolute atomic E-state index is 0.0549. The number of ether oxygens (including phenoxy) is 1. The first-order valence-electron chi connectivity index (χ1n) is 11.7. The molecule has 1 fully saturated rings. The summed E-state index contributed by atoms with van der Waals surface area (Å²) in [5, 5.41) is 2.77. The summed E-state index contributed by atoms with van der Waals surface area (Å²) in [6.45, 7) is 1.15. The number of thioether (sulfide) groups is 1. The number of hydrogen-bond donors (Lipinski definition) is 1. The maximum absolute atomic E-state index is 12.7. The lowest BCUT2D eigenvalue weighted by Crippen LogP contribution is -2.29. The van der Waals surface area contributed by atoms with Crippen molar-refractivity contribution in [3.05, 3.63) is 95.6 Å². The van der Waals surface area contributed by atoms with Gasteiger partial charge in [-0.25, -0.2) is 4.79 Å². The van der Waals surface area contributed by atoms with Gasteiger partial charge in [-0.1, -0.05) is 30.3 Å². The van der Waals surface area contributed by atoms with Gasteiger partial charge in [0.25, 0.3) is 5.91 Å². The van der Waals surface area contributed by atoms with Crippen LogP contribution in [0.15, 0.2) is 83.8 Å². The molecule has 0 unspecified atom stereocenters. The molecule has 7 nitrogen and oxygen atoms in total. The summed E-state index contributed by atoms with van der Waals surface area (Å²) in [7, 11) is 0. The zero-order chi connectivity index (χ0) is 25.3. The third-order valence-electron chi connectivity index (χ3n) is 5.75. The lowest BCUT2D eigenvalue weighted by molar-refractivity contribution is -0.127. The fraction of sp³-hybridized carbons (Fsp3) is 0.214. The van der Waals surface area contributed by atoms with E-state index in [9.17, 15) is 19.2 Å². The molecule has 0 bridgehead atoms. The van der Waals surface area contributed by atoms with Crippen LogP contribution in [0, 0.1) is 0 Å². The van der Waals surface area contributed by atoms with Gasteiger partial charge in [-0.2, -0.15) is 0 Å². The number of hydrogen-bond acceptors (Lipinski definition) is 6. The highest BCUT2D eigenvalue weighted by atomic mass is 32.2. The molecular formula is C28H26N2O5S. The smallest absolute Gasteiger partial charge is 0.339 e. The molecule has 0 radical (unpaired) electrons. The van der Waals surface area contributed by atoms with Gasteiger partial charge in [0.1, 0.15) is 0 Å². The van der Waals surface area contributed by atoms with Crippen molar-refractivity contribution in [3.8, 4) is 0 Å². The number of nitrogens with one attached hydrogen (secondary N) is 1. The molecule has 8 heteroatoms. The van der Waals surface area contributed by atoms with E-state index in [1.807, 2.05) is 11.0 Å². The Labute approximate surface area is 213 Å².